The summed E-state index contributed by atoms with van der Waals surface area (Å²) in [5.74, 6) is 0.394. The number of amides is 1. The van der Waals surface area contributed by atoms with Gasteiger partial charge in [0.25, 0.3) is 5.22 Å². The number of aryl methyl sites for hydroxylation is 1. The zero-order valence-corrected chi connectivity index (χ0v) is 18.2. The summed E-state index contributed by atoms with van der Waals surface area (Å²) in [5, 5.41) is 11.3. The molecule has 28 heavy (non-hydrogen) atoms. The molecular weight excluding hydrogens is 438 g/mol. The van der Waals surface area contributed by atoms with Crippen LogP contribution in [0.2, 0.25) is 0 Å². The van der Waals surface area contributed by atoms with Gasteiger partial charge in [0.15, 0.2) is 0 Å². The second-order valence-electron chi connectivity index (χ2n) is 6.55. The fourth-order valence-corrected chi connectivity index (χ4v) is 3.81. The van der Waals surface area contributed by atoms with Gasteiger partial charge in [0.05, 0.1) is 10.8 Å². The maximum Gasteiger partial charge on any atom is 0.277 e. The SMILES string of the molecule is C[C@H](Sc1nnc(-c2ccccc2Br)o1)C(=O)N[C@@H](C)CCc1ccccc1. The molecule has 2 atom stereocenters. The van der Waals surface area contributed by atoms with Gasteiger partial charge in [-0.2, -0.15) is 0 Å². The van der Waals surface area contributed by atoms with Gasteiger partial charge >= 0.3 is 0 Å². The molecule has 1 amide bonds. The van der Waals surface area contributed by atoms with Crippen LogP contribution in [0.4, 0.5) is 0 Å². The van der Waals surface area contributed by atoms with Crippen molar-refractivity contribution in [3.8, 4) is 11.5 Å². The number of thioether (sulfide) groups is 1. The fourth-order valence-electron chi connectivity index (χ4n) is 2.67. The van der Waals surface area contributed by atoms with Gasteiger partial charge in [0.1, 0.15) is 0 Å². The van der Waals surface area contributed by atoms with Crippen LogP contribution in [0.3, 0.4) is 0 Å². The number of halogens is 1. The van der Waals surface area contributed by atoms with Gasteiger partial charge in [-0.15, -0.1) is 10.2 Å². The highest BCUT2D eigenvalue weighted by molar-refractivity contribution is 9.10. The number of benzene rings is 2. The lowest BCUT2D eigenvalue weighted by Gasteiger charge is -2.16. The van der Waals surface area contributed by atoms with Crippen molar-refractivity contribution in [1.29, 1.82) is 0 Å². The molecule has 7 heteroatoms. The molecule has 0 spiro atoms. The lowest BCUT2D eigenvalue weighted by molar-refractivity contribution is -0.120. The van der Waals surface area contributed by atoms with Gasteiger partial charge < -0.3 is 9.73 Å². The van der Waals surface area contributed by atoms with Crippen LogP contribution in [0.1, 0.15) is 25.8 Å². The normalized spacial score (nSPS) is 13.1. The third-order valence-electron chi connectivity index (χ3n) is 4.26. The minimum Gasteiger partial charge on any atom is -0.411 e. The number of hydrogen-bond donors (Lipinski definition) is 1. The predicted molar refractivity (Wildman–Crippen MR) is 115 cm³/mol. The molecule has 0 saturated heterocycles. The van der Waals surface area contributed by atoms with E-state index in [1.165, 1.54) is 17.3 Å². The van der Waals surface area contributed by atoms with E-state index in [2.05, 4.69) is 43.6 Å². The van der Waals surface area contributed by atoms with Crippen LogP contribution in [0.5, 0.6) is 0 Å². The zero-order valence-electron chi connectivity index (χ0n) is 15.8. The van der Waals surface area contributed by atoms with Crippen LogP contribution < -0.4 is 5.32 Å². The largest absolute Gasteiger partial charge is 0.411 e. The fraction of sp³-hybridized carbons (Fsp3) is 0.286. The number of carbonyl (C=O) groups is 1. The summed E-state index contributed by atoms with van der Waals surface area (Å²) >= 11 is 4.74. The van der Waals surface area contributed by atoms with Crippen molar-refractivity contribution in [3.05, 3.63) is 64.6 Å². The van der Waals surface area contributed by atoms with E-state index in [-0.39, 0.29) is 17.2 Å². The number of nitrogens with zero attached hydrogens (tertiary/aromatic N) is 2. The van der Waals surface area contributed by atoms with Gasteiger partial charge in [-0.25, -0.2) is 0 Å². The molecule has 0 unspecified atom stereocenters. The first kappa shape index (κ1) is 20.6. The van der Waals surface area contributed by atoms with E-state index in [4.69, 9.17) is 4.42 Å². The van der Waals surface area contributed by atoms with Crippen molar-refractivity contribution < 1.29 is 9.21 Å². The Labute approximate surface area is 177 Å². The Morgan fingerprint density at radius 1 is 1.11 bits per heavy atom. The summed E-state index contributed by atoms with van der Waals surface area (Å²) in [5.41, 5.74) is 2.10. The Balaban J connectivity index is 1.51. The highest BCUT2D eigenvalue weighted by atomic mass is 79.9. The second-order valence-corrected chi connectivity index (χ2v) is 8.69. The van der Waals surface area contributed by atoms with Gasteiger partial charge in [-0.1, -0.05) is 54.2 Å². The smallest absolute Gasteiger partial charge is 0.277 e. The average molecular weight is 460 g/mol. The van der Waals surface area contributed by atoms with E-state index in [0.29, 0.717) is 11.1 Å². The van der Waals surface area contributed by atoms with Crippen molar-refractivity contribution in [3.63, 3.8) is 0 Å². The first-order valence-electron chi connectivity index (χ1n) is 9.12. The highest BCUT2D eigenvalue weighted by Gasteiger charge is 2.20. The Morgan fingerprint density at radius 2 is 1.82 bits per heavy atom. The molecule has 1 N–H and O–H groups in total. The molecule has 3 rings (SSSR count). The summed E-state index contributed by atoms with van der Waals surface area (Å²) in [6.45, 7) is 3.86. The van der Waals surface area contributed by atoms with Gasteiger partial charge in [0, 0.05) is 10.5 Å². The monoisotopic (exact) mass is 459 g/mol. The molecule has 0 aliphatic heterocycles. The van der Waals surface area contributed by atoms with Crippen molar-refractivity contribution in [2.75, 3.05) is 0 Å². The van der Waals surface area contributed by atoms with Crippen LogP contribution in [-0.4, -0.2) is 27.4 Å². The molecule has 146 valence electrons. The molecule has 0 fully saturated rings. The number of rotatable bonds is 8. The lowest BCUT2D eigenvalue weighted by atomic mass is 10.1. The van der Waals surface area contributed by atoms with Crippen molar-refractivity contribution in [2.45, 2.75) is 43.2 Å². The van der Waals surface area contributed by atoms with E-state index in [9.17, 15) is 4.79 Å². The van der Waals surface area contributed by atoms with E-state index in [1.54, 1.807) is 0 Å². The minimum absolute atomic E-state index is 0.0359. The average Bonchev–Trinajstić information content (AvgIpc) is 3.15. The summed E-state index contributed by atoms with van der Waals surface area (Å²) in [6.07, 6.45) is 1.82. The molecule has 1 aromatic heterocycles. The number of hydrogen-bond acceptors (Lipinski definition) is 5. The number of carbonyl (C=O) groups excluding carboxylic acids is 1. The van der Waals surface area contributed by atoms with Gasteiger partial charge in [-0.3, -0.25) is 4.79 Å². The standard InChI is InChI=1S/C21H22BrN3O2S/c1-14(12-13-16-8-4-3-5-9-16)23-19(26)15(2)28-21-25-24-20(27-21)17-10-6-7-11-18(17)22/h3-11,14-15H,12-13H2,1-2H3,(H,23,26)/t14-,15-/m0/s1. The van der Waals surface area contributed by atoms with Crippen LogP contribution in [0.15, 0.2) is 68.7 Å². The van der Waals surface area contributed by atoms with E-state index < -0.39 is 0 Å². The highest BCUT2D eigenvalue weighted by Crippen LogP contribution is 2.30. The van der Waals surface area contributed by atoms with Crippen LogP contribution in [-0.2, 0) is 11.2 Å². The molecule has 5 nitrogen and oxygen atoms in total. The Bertz CT molecular complexity index is 917. The maximum atomic E-state index is 12.5. The summed E-state index contributed by atoms with van der Waals surface area (Å²) in [7, 11) is 0. The predicted octanol–water partition coefficient (Wildman–Crippen LogP) is 5.12. The van der Waals surface area contributed by atoms with Crippen molar-refractivity contribution >= 4 is 33.6 Å². The Morgan fingerprint density at radius 3 is 2.57 bits per heavy atom. The minimum atomic E-state index is -0.327. The molecule has 0 aliphatic carbocycles. The Kier molecular flexibility index (Phi) is 7.28. The topological polar surface area (TPSA) is 68.0 Å². The van der Waals surface area contributed by atoms with Crippen molar-refractivity contribution in [1.82, 2.24) is 15.5 Å². The zero-order chi connectivity index (χ0) is 19.9. The number of aromatic nitrogens is 2. The Hall–Kier alpha value is -2.12. The van der Waals surface area contributed by atoms with E-state index in [1.807, 2.05) is 56.3 Å². The second kappa shape index (κ2) is 9.89. The molecule has 1 heterocycles. The molecular formula is C21H22BrN3O2S. The van der Waals surface area contributed by atoms with Crippen LogP contribution in [0.25, 0.3) is 11.5 Å². The summed E-state index contributed by atoms with van der Waals surface area (Å²) in [6, 6.07) is 18.0. The molecule has 0 bridgehead atoms. The summed E-state index contributed by atoms with van der Waals surface area (Å²) < 4.78 is 6.60. The van der Waals surface area contributed by atoms with E-state index >= 15 is 0 Å². The third kappa shape index (κ3) is 5.69. The van der Waals surface area contributed by atoms with E-state index in [0.717, 1.165) is 22.9 Å². The molecule has 3 aromatic rings. The molecule has 0 aliphatic rings. The maximum absolute atomic E-state index is 12.5. The summed E-state index contributed by atoms with van der Waals surface area (Å²) in [4.78, 5) is 12.5. The molecule has 0 radical (unpaired) electrons. The van der Waals surface area contributed by atoms with Gasteiger partial charge in [0.2, 0.25) is 11.8 Å². The molecule has 2 aromatic carbocycles. The number of nitrogens with one attached hydrogen (secondary N) is 1. The van der Waals surface area contributed by atoms with Crippen LogP contribution >= 0.6 is 27.7 Å². The first-order chi connectivity index (χ1) is 13.5. The quantitative estimate of drug-likeness (QED) is 0.473. The molecule has 0 saturated carbocycles. The lowest BCUT2D eigenvalue weighted by Crippen LogP contribution is -2.37. The third-order valence-corrected chi connectivity index (χ3v) is 5.88. The van der Waals surface area contributed by atoms with Crippen molar-refractivity contribution in [2.24, 2.45) is 0 Å². The van der Waals surface area contributed by atoms with Crippen LogP contribution in [0, 0.1) is 0 Å². The first-order valence-corrected chi connectivity index (χ1v) is 10.8. The van der Waals surface area contributed by atoms with Gasteiger partial charge in [-0.05, 0) is 60.3 Å².